The molecule has 0 saturated carbocycles. The quantitative estimate of drug-likeness (QED) is 0.933. The third-order valence-corrected chi connectivity index (χ3v) is 4.19. The van der Waals surface area contributed by atoms with Gasteiger partial charge >= 0.3 is 0 Å². The van der Waals surface area contributed by atoms with E-state index in [1.807, 2.05) is 24.3 Å². The summed E-state index contributed by atoms with van der Waals surface area (Å²) in [5, 5.41) is 5.10. The van der Waals surface area contributed by atoms with E-state index in [2.05, 4.69) is 10.3 Å². The Balaban J connectivity index is 1.67. The molecule has 106 valence electrons. The van der Waals surface area contributed by atoms with Crippen LogP contribution in [0.2, 0.25) is 5.02 Å². The molecule has 0 aliphatic carbocycles. The average Bonchev–Trinajstić information content (AvgIpc) is 2.51. The van der Waals surface area contributed by atoms with E-state index in [1.165, 1.54) is 12.8 Å². The van der Waals surface area contributed by atoms with Crippen molar-refractivity contribution in [3.8, 4) is 5.75 Å². The second kappa shape index (κ2) is 6.42. The lowest BCUT2D eigenvalue weighted by Crippen LogP contribution is -2.30. The standard InChI is InChI=1S/C16H19ClN2O/c17-14-5-6-15(16-13(14)4-2-9-19-16)20-10-7-12-3-1-8-18-11-12/h2,4-6,9,12,18H,1,3,7-8,10-11H2/t12-/m0/s1. The molecule has 0 radical (unpaired) electrons. The molecule has 4 heteroatoms. The molecule has 1 saturated heterocycles. The lowest BCUT2D eigenvalue weighted by molar-refractivity contribution is 0.256. The lowest BCUT2D eigenvalue weighted by Gasteiger charge is -2.22. The Morgan fingerprint density at radius 1 is 1.35 bits per heavy atom. The van der Waals surface area contributed by atoms with Crippen LogP contribution in [0.1, 0.15) is 19.3 Å². The fourth-order valence-electron chi connectivity index (χ4n) is 2.73. The zero-order chi connectivity index (χ0) is 13.8. The van der Waals surface area contributed by atoms with Gasteiger partial charge in [-0.05, 0) is 62.5 Å². The molecule has 2 aromatic rings. The summed E-state index contributed by atoms with van der Waals surface area (Å²) in [7, 11) is 0. The number of rotatable bonds is 4. The first-order chi connectivity index (χ1) is 9.84. The van der Waals surface area contributed by atoms with E-state index in [9.17, 15) is 0 Å². The van der Waals surface area contributed by atoms with E-state index in [0.717, 1.165) is 53.7 Å². The van der Waals surface area contributed by atoms with Crippen molar-refractivity contribution < 1.29 is 4.74 Å². The van der Waals surface area contributed by atoms with Crippen molar-refractivity contribution in [2.24, 2.45) is 5.92 Å². The highest BCUT2D eigenvalue weighted by molar-refractivity contribution is 6.35. The lowest BCUT2D eigenvalue weighted by atomic mass is 9.97. The molecule has 0 unspecified atom stereocenters. The van der Waals surface area contributed by atoms with Crippen LogP contribution in [0, 0.1) is 5.92 Å². The van der Waals surface area contributed by atoms with Gasteiger partial charge in [-0.25, -0.2) is 0 Å². The van der Waals surface area contributed by atoms with Crippen molar-refractivity contribution in [1.82, 2.24) is 10.3 Å². The molecular weight excluding hydrogens is 272 g/mol. The van der Waals surface area contributed by atoms with Gasteiger partial charge in [0.05, 0.1) is 11.6 Å². The summed E-state index contributed by atoms with van der Waals surface area (Å²) >= 11 is 6.18. The summed E-state index contributed by atoms with van der Waals surface area (Å²) in [4.78, 5) is 4.39. The Morgan fingerprint density at radius 3 is 3.15 bits per heavy atom. The minimum atomic E-state index is 0.719. The third kappa shape index (κ3) is 3.05. The zero-order valence-corrected chi connectivity index (χ0v) is 12.2. The smallest absolute Gasteiger partial charge is 0.145 e. The number of fused-ring (bicyclic) bond motifs is 1. The molecular formula is C16H19ClN2O. The number of pyridine rings is 1. The number of nitrogens with one attached hydrogen (secondary N) is 1. The number of hydrogen-bond acceptors (Lipinski definition) is 3. The molecule has 1 atom stereocenters. The fraction of sp³-hybridized carbons (Fsp3) is 0.438. The molecule has 0 spiro atoms. The molecule has 3 rings (SSSR count). The van der Waals surface area contributed by atoms with Gasteiger partial charge in [-0.3, -0.25) is 4.98 Å². The van der Waals surface area contributed by atoms with Gasteiger partial charge in [0.25, 0.3) is 0 Å². The highest BCUT2D eigenvalue weighted by Gasteiger charge is 2.13. The van der Waals surface area contributed by atoms with Crippen LogP contribution in [0.3, 0.4) is 0 Å². The van der Waals surface area contributed by atoms with E-state index >= 15 is 0 Å². The SMILES string of the molecule is Clc1ccc(OCC[C@@H]2CCCNC2)c2ncccc12. The second-order valence-corrected chi connectivity index (χ2v) is 5.70. The Bertz CT molecular complexity index is 582. The molecule has 1 fully saturated rings. The largest absolute Gasteiger partial charge is 0.491 e. The van der Waals surface area contributed by atoms with Gasteiger partial charge in [-0.2, -0.15) is 0 Å². The molecule has 1 aliphatic rings. The number of hydrogen-bond donors (Lipinski definition) is 1. The van der Waals surface area contributed by atoms with Crippen LogP contribution in [-0.4, -0.2) is 24.7 Å². The fourth-order valence-corrected chi connectivity index (χ4v) is 2.95. The van der Waals surface area contributed by atoms with E-state index in [4.69, 9.17) is 16.3 Å². The van der Waals surface area contributed by atoms with E-state index < -0.39 is 0 Å². The highest BCUT2D eigenvalue weighted by Crippen LogP contribution is 2.29. The number of aromatic nitrogens is 1. The molecule has 1 aromatic heterocycles. The predicted molar refractivity (Wildman–Crippen MR) is 82.5 cm³/mol. The van der Waals surface area contributed by atoms with Gasteiger partial charge in [0.1, 0.15) is 11.3 Å². The molecule has 1 aliphatic heterocycles. The summed E-state index contributed by atoms with van der Waals surface area (Å²) < 4.78 is 5.93. The van der Waals surface area contributed by atoms with Crippen LogP contribution in [0.5, 0.6) is 5.75 Å². The Hall–Kier alpha value is -1.32. The highest BCUT2D eigenvalue weighted by atomic mass is 35.5. The van der Waals surface area contributed by atoms with Crippen molar-refractivity contribution in [2.45, 2.75) is 19.3 Å². The van der Waals surface area contributed by atoms with Gasteiger partial charge < -0.3 is 10.1 Å². The molecule has 20 heavy (non-hydrogen) atoms. The monoisotopic (exact) mass is 290 g/mol. The zero-order valence-electron chi connectivity index (χ0n) is 11.4. The minimum Gasteiger partial charge on any atom is -0.491 e. The second-order valence-electron chi connectivity index (χ2n) is 5.29. The van der Waals surface area contributed by atoms with Gasteiger partial charge in [0.15, 0.2) is 0 Å². The first kappa shape index (κ1) is 13.7. The van der Waals surface area contributed by atoms with Gasteiger partial charge in [0, 0.05) is 11.6 Å². The Morgan fingerprint density at radius 2 is 2.30 bits per heavy atom. The maximum atomic E-state index is 6.18. The van der Waals surface area contributed by atoms with Crippen LogP contribution < -0.4 is 10.1 Å². The minimum absolute atomic E-state index is 0.719. The molecule has 0 bridgehead atoms. The van der Waals surface area contributed by atoms with E-state index in [0.29, 0.717) is 0 Å². The number of ether oxygens (including phenoxy) is 1. The van der Waals surface area contributed by atoms with E-state index in [-0.39, 0.29) is 0 Å². The summed E-state index contributed by atoms with van der Waals surface area (Å²) in [6.07, 6.45) is 5.44. The number of halogens is 1. The van der Waals surface area contributed by atoms with Crippen LogP contribution in [0.25, 0.3) is 10.9 Å². The number of piperidine rings is 1. The molecule has 0 amide bonds. The maximum absolute atomic E-state index is 6.18. The van der Waals surface area contributed by atoms with Crippen LogP contribution in [-0.2, 0) is 0 Å². The predicted octanol–water partition coefficient (Wildman–Crippen LogP) is 3.66. The summed E-state index contributed by atoms with van der Waals surface area (Å²) in [6.45, 7) is 3.01. The van der Waals surface area contributed by atoms with Gasteiger partial charge in [-0.15, -0.1) is 0 Å². The summed E-state index contributed by atoms with van der Waals surface area (Å²) in [5.74, 6) is 1.56. The number of benzene rings is 1. The van der Waals surface area contributed by atoms with Crippen molar-refractivity contribution in [1.29, 1.82) is 0 Å². The molecule has 1 N–H and O–H groups in total. The van der Waals surface area contributed by atoms with Crippen LogP contribution >= 0.6 is 11.6 Å². The molecule has 3 nitrogen and oxygen atoms in total. The summed E-state index contributed by atoms with van der Waals surface area (Å²) in [5.41, 5.74) is 0.849. The van der Waals surface area contributed by atoms with E-state index in [1.54, 1.807) is 6.20 Å². The van der Waals surface area contributed by atoms with Crippen molar-refractivity contribution in [3.05, 3.63) is 35.5 Å². The van der Waals surface area contributed by atoms with Crippen molar-refractivity contribution in [3.63, 3.8) is 0 Å². The molecule has 1 aromatic carbocycles. The Kier molecular flexibility index (Phi) is 4.38. The van der Waals surface area contributed by atoms with Crippen LogP contribution in [0.4, 0.5) is 0 Å². The maximum Gasteiger partial charge on any atom is 0.145 e. The van der Waals surface area contributed by atoms with Gasteiger partial charge in [-0.1, -0.05) is 11.6 Å². The topological polar surface area (TPSA) is 34.1 Å². The van der Waals surface area contributed by atoms with Crippen molar-refractivity contribution in [2.75, 3.05) is 19.7 Å². The van der Waals surface area contributed by atoms with Crippen molar-refractivity contribution >= 4 is 22.5 Å². The van der Waals surface area contributed by atoms with Crippen LogP contribution in [0.15, 0.2) is 30.5 Å². The number of nitrogens with zero attached hydrogens (tertiary/aromatic N) is 1. The van der Waals surface area contributed by atoms with Gasteiger partial charge in [0.2, 0.25) is 0 Å². The average molecular weight is 291 g/mol. The normalized spacial score (nSPS) is 19.1. The first-order valence-corrected chi connectivity index (χ1v) is 7.59. The molecule has 2 heterocycles. The first-order valence-electron chi connectivity index (χ1n) is 7.21. The third-order valence-electron chi connectivity index (χ3n) is 3.86. The summed E-state index contributed by atoms with van der Waals surface area (Å²) in [6, 6.07) is 7.66. The Labute approximate surface area is 124 Å².